The van der Waals surface area contributed by atoms with Gasteiger partial charge in [0.2, 0.25) is 0 Å². The van der Waals surface area contributed by atoms with Gasteiger partial charge in [0.15, 0.2) is 0 Å². The number of rotatable bonds is 3. The highest BCUT2D eigenvalue weighted by Gasteiger charge is 2.37. The van der Waals surface area contributed by atoms with Crippen LogP contribution in [0.15, 0.2) is 39.8 Å². The maximum atomic E-state index is 9.99. The molecule has 3 aliphatic rings. The van der Waals surface area contributed by atoms with E-state index in [9.17, 15) is 5.11 Å². The predicted molar refractivity (Wildman–Crippen MR) is 88.7 cm³/mol. The molecule has 0 radical (unpaired) electrons. The zero-order valence-electron chi connectivity index (χ0n) is 13.5. The number of nitrogens with zero attached hydrogens (tertiary/aromatic N) is 1. The van der Waals surface area contributed by atoms with Crippen LogP contribution in [0.3, 0.4) is 0 Å². The molecule has 0 spiro atoms. The first-order valence-corrected chi connectivity index (χ1v) is 7.94. The molecule has 2 unspecified atom stereocenters. The second-order valence-electron chi connectivity index (χ2n) is 6.26. The lowest BCUT2D eigenvalue weighted by atomic mass is 9.82. The van der Waals surface area contributed by atoms with Gasteiger partial charge in [-0.1, -0.05) is 0 Å². The highest BCUT2D eigenvalue weighted by molar-refractivity contribution is 6.22. The number of ether oxygens (including phenoxy) is 2. The van der Waals surface area contributed by atoms with Gasteiger partial charge in [-0.3, -0.25) is 4.99 Å². The first kappa shape index (κ1) is 15.8. The summed E-state index contributed by atoms with van der Waals surface area (Å²) in [4.78, 5) is 4.53. The summed E-state index contributed by atoms with van der Waals surface area (Å²) < 4.78 is 11.6. The lowest BCUT2D eigenvalue weighted by Crippen LogP contribution is -2.38. The van der Waals surface area contributed by atoms with Crippen molar-refractivity contribution in [1.29, 1.82) is 5.41 Å². The van der Waals surface area contributed by atoms with Crippen LogP contribution >= 0.6 is 0 Å². The van der Waals surface area contributed by atoms with Crippen LogP contribution in [-0.4, -0.2) is 42.0 Å². The minimum absolute atomic E-state index is 0.0430. The lowest BCUT2D eigenvalue weighted by molar-refractivity contribution is -0.0108. The van der Waals surface area contributed by atoms with Crippen LogP contribution in [-0.2, 0) is 9.47 Å². The zero-order chi connectivity index (χ0) is 16.6. The van der Waals surface area contributed by atoms with E-state index >= 15 is 0 Å². The summed E-state index contributed by atoms with van der Waals surface area (Å²) in [7, 11) is 0. The van der Waals surface area contributed by atoms with Gasteiger partial charge in [-0.15, -0.1) is 0 Å². The molecule has 0 amide bonds. The fourth-order valence-corrected chi connectivity index (χ4v) is 3.32. The third-order valence-corrected chi connectivity index (χ3v) is 4.45. The number of hydrogen-bond acceptors (Lipinski definition) is 6. The van der Waals surface area contributed by atoms with Crippen molar-refractivity contribution < 1.29 is 14.6 Å². The number of aliphatic hydroxyl groups is 1. The molecular formula is C17H23N3O3. The molecule has 2 atom stereocenters. The van der Waals surface area contributed by atoms with Crippen LogP contribution in [0.4, 0.5) is 0 Å². The number of hydrogen-bond donors (Lipinski definition) is 3. The van der Waals surface area contributed by atoms with E-state index in [-0.39, 0.29) is 23.8 Å². The normalized spacial score (nSPS) is 28.5. The number of aliphatic hydroxyl groups excluding tert-OH is 1. The Hall–Kier alpha value is -2.08. The van der Waals surface area contributed by atoms with E-state index in [0.717, 1.165) is 18.4 Å². The Kier molecular flexibility index (Phi) is 4.26. The van der Waals surface area contributed by atoms with E-state index in [1.807, 2.05) is 6.92 Å². The van der Waals surface area contributed by atoms with Crippen LogP contribution in [0.1, 0.15) is 26.7 Å². The molecule has 2 aliphatic heterocycles. The molecule has 3 rings (SSSR count). The Labute approximate surface area is 135 Å². The molecule has 124 valence electrons. The maximum absolute atomic E-state index is 9.99. The van der Waals surface area contributed by atoms with Gasteiger partial charge in [0.1, 0.15) is 23.5 Å². The molecule has 6 nitrogen and oxygen atoms in total. The van der Waals surface area contributed by atoms with Crippen molar-refractivity contribution in [2.24, 2.45) is 16.6 Å². The topological polar surface area (TPSA) is 101 Å². The van der Waals surface area contributed by atoms with Gasteiger partial charge in [0.05, 0.1) is 30.7 Å². The van der Waals surface area contributed by atoms with Gasteiger partial charge in [-0.2, -0.15) is 0 Å². The van der Waals surface area contributed by atoms with Gasteiger partial charge in [0, 0.05) is 18.6 Å². The average molecular weight is 317 g/mol. The molecule has 4 N–H and O–H groups in total. The molecule has 1 saturated heterocycles. The number of allylic oxidation sites excluding steroid dienone is 1. The fraction of sp³-hybridized carbons (Fsp3) is 0.529. The summed E-state index contributed by atoms with van der Waals surface area (Å²) in [5.74, 6) is 0.976. The quantitative estimate of drug-likeness (QED) is 0.695. The zero-order valence-corrected chi connectivity index (χ0v) is 13.5. The molecule has 0 aromatic rings. The van der Waals surface area contributed by atoms with Crippen molar-refractivity contribution in [3.63, 3.8) is 0 Å². The number of nitrogens with one attached hydrogen (secondary N) is 1. The van der Waals surface area contributed by atoms with Crippen LogP contribution in [0.5, 0.6) is 0 Å². The summed E-state index contributed by atoms with van der Waals surface area (Å²) in [6.45, 7) is 4.95. The molecule has 0 saturated carbocycles. The molecule has 6 heteroatoms. The maximum Gasteiger partial charge on any atom is 0.131 e. The van der Waals surface area contributed by atoms with Crippen molar-refractivity contribution in [1.82, 2.24) is 0 Å². The predicted octanol–water partition coefficient (Wildman–Crippen LogP) is 2.23. The molecule has 0 aromatic heterocycles. The number of nitrogens with two attached hydrogens (primary N) is 1. The molecule has 1 aliphatic carbocycles. The summed E-state index contributed by atoms with van der Waals surface area (Å²) in [6.07, 6.45) is 5.11. The van der Waals surface area contributed by atoms with E-state index < -0.39 is 0 Å². The van der Waals surface area contributed by atoms with Crippen molar-refractivity contribution in [3.05, 3.63) is 34.8 Å². The van der Waals surface area contributed by atoms with E-state index in [1.165, 1.54) is 0 Å². The van der Waals surface area contributed by atoms with Crippen LogP contribution in [0.2, 0.25) is 0 Å². The Bertz CT molecular complexity index is 639. The highest BCUT2D eigenvalue weighted by atomic mass is 16.5. The van der Waals surface area contributed by atoms with Crippen LogP contribution < -0.4 is 5.73 Å². The largest absolute Gasteiger partial charge is 0.508 e. The van der Waals surface area contributed by atoms with Gasteiger partial charge in [-0.25, -0.2) is 0 Å². The number of aliphatic imine (C=N–C) groups is 1. The Morgan fingerprint density at radius 3 is 2.78 bits per heavy atom. The third-order valence-electron chi connectivity index (χ3n) is 4.45. The van der Waals surface area contributed by atoms with E-state index in [0.29, 0.717) is 36.1 Å². The fourth-order valence-electron chi connectivity index (χ4n) is 3.32. The smallest absolute Gasteiger partial charge is 0.131 e. The number of dihydropyridines is 1. The van der Waals surface area contributed by atoms with Crippen molar-refractivity contribution in [3.8, 4) is 0 Å². The standard InChI is InChI=1S/C17H23N3O3/c1-9-7-11(21)8-13-15(9)20-17(19)14(10(2)18)16(13)23-12-3-5-22-6-4-12/h7-8,12-13,15,18,21H,3-6H2,1-2H3,(H2,19,20). The Balaban J connectivity index is 2.00. The molecule has 2 heterocycles. The van der Waals surface area contributed by atoms with Crippen molar-refractivity contribution in [2.75, 3.05) is 13.2 Å². The minimum atomic E-state index is -0.217. The third kappa shape index (κ3) is 3.03. The van der Waals surface area contributed by atoms with Gasteiger partial charge < -0.3 is 25.7 Å². The molecular weight excluding hydrogens is 294 g/mol. The minimum Gasteiger partial charge on any atom is -0.508 e. The Morgan fingerprint density at radius 1 is 1.43 bits per heavy atom. The monoisotopic (exact) mass is 317 g/mol. The van der Waals surface area contributed by atoms with Gasteiger partial charge >= 0.3 is 0 Å². The van der Waals surface area contributed by atoms with Crippen molar-refractivity contribution >= 4 is 11.5 Å². The first-order chi connectivity index (χ1) is 11.0. The number of amidine groups is 1. The second kappa shape index (κ2) is 6.20. The van der Waals surface area contributed by atoms with Gasteiger partial charge in [0.25, 0.3) is 0 Å². The molecule has 23 heavy (non-hydrogen) atoms. The molecule has 1 fully saturated rings. The Morgan fingerprint density at radius 2 is 2.13 bits per heavy atom. The van der Waals surface area contributed by atoms with Crippen LogP contribution in [0, 0.1) is 11.3 Å². The lowest BCUT2D eigenvalue weighted by Gasteiger charge is -2.36. The summed E-state index contributed by atoms with van der Waals surface area (Å²) in [5, 5.41) is 18.0. The summed E-state index contributed by atoms with van der Waals surface area (Å²) in [6, 6.07) is -0.177. The molecule has 0 aromatic carbocycles. The van der Waals surface area contributed by atoms with Gasteiger partial charge in [-0.05, 0) is 31.6 Å². The number of fused-ring (bicyclic) bond motifs is 1. The average Bonchev–Trinajstić information content (AvgIpc) is 2.49. The van der Waals surface area contributed by atoms with Crippen LogP contribution in [0.25, 0.3) is 0 Å². The van der Waals surface area contributed by atoms with Crippen molar-refractivity contribution in [2.45, 2.75) is 38.8 Å². The second-order valence-corrected chi connectivity index (χ2v) is 6.26. The highest BCUT2D eigenvalue weighted by Crippen LogP contribution is 2.37. The SMILES string of the molecule is CC(=N)C1=C(OC2CCOCC2)C2C=C(O)C=C(C)C2N=C1N. The van der Waals surface area contributed by atoms with E-state index in [2.05, 4.69) is 4.99 Å². The summed E-state index contributed by atoms with van der Waals surface area (Å²) in [5.41, 5.74) is 7.93. The van der Waals surface area contributed by atoms with E-state index in [4.69, 9.17) is 20.6 Å². The molecule has 0 bridgehead atoms. The first-order valence-electron chi connectivity index (χ1n) is 7.94. The van der Waals surface area contributed by atoms with E-state index in [1.54, 1.807) is 19.1 Å². The summed E-state index contributed by atoms with van der Waals surface area (Å²) >= 11 is 0.